The van der Waals surface area contributed by atoms with E-state index in [9.17, 15) is 14.9 Å². The van der Waals surface area contributed by atoms with E-state index in [1.807, 2.05) is 68.4 Å². The van der Waals surface area contributed by atoms with E-state index in [0.717, 1.165) is 16.0 Å². The SMILES string of the molecule is Cc1ccc([C@@]2(c3ccccc3)NC(=O)N(C[C@@H](C#N)CCC#N)C2=O)cc1C. The Hall–Kier alpha value is -3.64. The second-order valence-corrected chi connectivity index (χ2v) is 7.28. The topological polar surface area (TPSA) is 97.0 Å². The molecule has 1 fully saturated rings. The number of urea groups is 1. The molecule has 2 atom stereocenters. The number of hydrogen-bond acceptors (Lipinski definition) is 4. The molecule has 0 aliphatic carbocycles. The Kier molecular flexibility index (Phi) is 5.66. The van der Waals surface area contributed by atoms with Gasteiger partial charge in [-0.25, -0.2) is 4.79 Å². The van der Waals surface area contributed by atoms with Crippen molar-refractivity contribution in [2.75, 3.05) is 6.54 Å². The lowest BCUT2D eigenvalue weighted by Crippen LogP contribution is -2.45. The molecule has 1 aliphatic heterocycles. The van der Waals surface area contributed by atoms with Crippen molar-refractivity contribution in [2.24, 2.45) is 5.92 Å². The zero-order valence-electron chi connectivity index (χ0n) is 16.5. The standard InChI is InChI=1S/C23H22N4O2/c1-16-10-11-20(13-17(16)2)23(19-8-4-3-5-9-19)21(28)27(22(29)26-23)15-18(14-25)7-6-12-24/h3-5,8-11,13,18H,6-7,15H2,1-2H3,(H,26,29)/t18-,23-/m1/s1. The number of carbonyl (C=O) groups is 2. The molecule has 2 aromatic rings. The average molecular weight is 386 g/mol. The van der Waals surface area contributed by atoms with Gasteiger partial charge >= 0.3 is 6.03 Å². The fourth-order valence-electron chi connectivity index (χ4n) is 3.62. The number of benzene rings is 2. The summed E-state index contributed by atoms with van der Waals surface area (Å²) in [6.07, 6.45) is 0.509. The zero-order valence-corrected chi connectivity index (χ0v) is 16.5. The molecule has 1 heterocycles. The number of carbonyl (C=O) groups excluding carboxylic acids is 2. The summed E-state index contributed by atoms with van der Waals surface area (Å²) < 4.78 is 0. The van der Waals surface area contributed by atoms with Crippen LogP contribution in [0.4, 0.5) is 4.79 Å². The molecule has 3 rings (SSSR count). The van der Waals surface area contributed by atoms with Gasteiger partial charge in [0.15, 0.2) is 5.54 Å². The lowest BCUT2D eigenvalue weighted by molar-refractivity contribution is -0.130. The first-order valence-corrected chi connectivity index (χ1v) is 9.48. The molecule has 6 heteroatoms. The van der Waals surface area contributed by atoms with Crippen LogP contribution in [0.25, 0.3) is 0 Å². The van der Waals surface area contributed by atoms with E-state index in [1.54, 1.807) is 0 Å². The van der Waals surface area contributed by atoms with Crippen LogP contribution in [0.2, 0.25) is 0 Å². The largest absolute Gasteiger partial charge is 0.325 e. The third kappa shape index (κ3) is 3.58. The summed E-state index contributed by atoms with van der Waals surface area (Å²) in [5, 5.41) is 21.1. The molecule has 0 spiro atoms. The van der Waals surface area contributed by atoms with Gasteiger partial charge in [0.1, 0.15) is 0 Å². The number of nitrogens with zero attached hydrogens (tertiary/aromatic N) is 3. The van der Waals surface area contributed by atoms with Crippen molar-refractivity contribution in [1.82, 2.24) is 10.2 Å². The highest BCUT2D eigenvalue weighted by Crippen LogP contribution is 2.37. The van der Waals surface area contributed by atoms with Crippen LogP contribution >= 0.6 is 0 Å². The molecule has 0 bridgehead atoms. The van der Waals surface area contributed by atoms with Crippen LogP contribution < -0.4 is 5.32 Å². The van der Waals surface area contributed by atoms with Gasteiger partial charge in [-0.05, 0) is 42.5 Å². The second kappa shape index (κ2) is 8.16. The van der Waals surface area contributed by atoms with Crippen molar-refractivity contribution in [2.45, 2.75) is 32.2 Å². The van der Waals surface area contributed by atoms with E-state index < -0.39 is 23.4 Å². The minimum Gasteiger partial charge on any atom is -0.315 e. The first-order chi connectivity index (χ1) is 13.9. The number of nitrogens with one attached hydrogen (secondary N) is 1. The van der Waals surface area contributed by atoms with Crippen molar-refractivity contribution >= 4 is 11.9 Å². The third-order valence-corrected chi connectivity index (χ3v) is 5.44. The van der Waals surface area contributed by atoms with Crippen LogP contribution in [-0.2, 0) is 10.3 Å². The van der Waals surface area contributed by atoms with E-state index in [2.05, 4.69) is 11.4 Å². The lowest BCUT2D eigenvalue weighted by atomic mass is 9.81. The van der Waals surface area contributed by atoms with Crippen LogP contribution in [0, 0.1) is 42.4 Å². The zero-order chi connectivity index (χ0) is 21.0. The summed E-state index contributed by atoms with van der Waals surface area (Å²) in [5.41, 5.74) is 2.10. The van der Waals surface area contributed by atoms with Crippen LogP contribution in [-0.4, -0.2) is 23.4 Å². The molecule has 0 saturated carbocycles. The van der Waals surface area contributed by atoms with Gasteiger partial charge in [-0.15, -0.1) is 0 Å². The first-order valence-electron chi connectivity index (χ1n) is 9.48. The molecule has 0 unspecified atom stereocenters. The maximum atomic E-state index is 13.6. The number of rotatable bonds is 6. The van der Waals surface area contributed by atoms with Crippen molar-refractivity contribution in [3.63, 3.8) is 0 Å². The van der Waals surface area contributed by atoms with E-state index >= 15 is 0 Å². The average Bonchev–Trinajstić information content (AvgIpc) is 2.99. The van der Waals surface area contributed by atoms with Crippen LogP contribution in [0.15, 0.2) is 48.5 Å². The second-order valence-electron chi connectivity index (χ2n) is 7.28. The molecule has 1 saturated heterocycles. The predicted octanol–water partition coefficient (Wildman–Crippen LogP) is 3.54. The number of nitriles is 2. The number of hydrogen-bond donors (Lipinski definition) is 1. The molecule has 1 aliphatic rings. The molecule has 146 valence electrons. The van der Waals surface area contributed by atoms with Gasteiger partial charge < -0.3 is 5.32 Å². The van der Waals surface area contributed by atoms with Gasteiger partial charge in [0, 0.05) is 13.0 Å². The van der Waals surface area contributed by atoms with Gasteiger partial charge in [0.25, 0.3) is 5.91 Å². The number of imide groups is 1. The molecular formula is C23H22N4O2. The van der Waals surface area contributed by atoms with Crippen molar-refractivity contribution in [3.8, 4) is 12.1 Å². The molecule has 6 nitrogen and oxygen atoms in total. The molecule has 3 amide bonds. The summed E-state index contributed by atoms with van der Waals surface area (Å²) in [6.45, 7) is 3.91. The molecular weight excluding hydrogens is 364 g/mol. The fraction of sp³-hybridized carbons (Fsp3) is 0.304. The maximum Gasteiger partial charge on any atom is 0.325 e. The van der Waals surface area contributed by atoms with Gasteiger partial charge in [-0.2, -0.15) is 10.5 Å². The molecule has 29 heavy (non-hydrogen) atoms. The minimum atomic E-state index is -1.34. The number of amides is 3. The minimum absolute atomic E-state index is 0.0394. The Morgan fingerprint density at radius 1 is 1.03 bits per heavy atom. The molecule has 1 N–H and O–H groups in total. The first kappa shape index (κ1) is 20.1. The van der Waals surface area contributed by atoms with E-state index in [0.29, 0.717) is 17.5 Å². The van der Waals surface area contributed by atoms with Gasteiger partial charge in [0.05, 0.1) is 18.1 Å². The molecule has 2 aromatic carbocycles. The van der Waals surface area contributed by atoms with Crippen molar-refractivity contribution in [1.29, 1.82) is 10.5 Å². The summed E-state index contributed by atoms with van der Waals surface area (Å²) >= 11 is 0. The van der Waals surface area contributed by atoms with E-state index in [-0.39, 0.29) is 13.0 Å². The highest BCUT2D eigenvalue weighted by Gasteiger charge is 2.54. The van der Waals surface area contributed by atoms with Crippen LogP contribution in [0.5, 0.6) is 0 Å². The predicted molar refractivity (Wildman–Crippen MR) is 107 cm³/mol. The Bertz CT molecular complexity index is 1020. The van der Waals surface area contributed by atoms with Crippen molar-refractivity contribution < 1.29 is 9.59 Å². The summed E-state index contributed by atoms with van der Waals surface area (Å²) in [5.74, 6) is -0.996. The smallest absolute Gasteiger partial charge is 0.315 e. The Morgan fingerprint density at radius 2 is 1.76 bits per heavy atom. The van der Waals surface area contributed by atoms with Gasteiger partial charge in [0.2, 0.25) is 0 Å². The van der Waals surface area contributed by atoms with Crippen LogP contribution in [0.3, 0.4) is 0 Å². The Morgan fingerprint density at radius 3 is 2.38 bits per heavy atom. The third-order valence-electron chi connectivity index (χ3n) is 5.44. The summed E-state index contributed by atoms with van der Waals surface area (Å²) in [7, 11) is 0. The summed E-state index contributed by atoms with van der Waals surface area (Å²) in [6, 6.07) is 18.4. The Balaban J connectivity index is 2.07. The van der Waals surface area contributed by atoms with Crippen LogP contribution in [0.1, 0.15) is 35.1 Å². The normalized spacial score (nSPS) is 19.4. The van der Waals surface area contributed by atoms with Gasteiger partial charge in [-0.3, -0.25) is 9.69 Å². The Labute approximate surface area is 170 Å². The van der Waals surface area contributed by atoms with Gasteiger partial charge in [-0.1, -0.05) is 48.5 Å². The molecule has 0 radical (unpaired) electrons. The highest BCUT2D eigenvalue weighted by molar-refractivity contribution is 6.09. The molecule has 0 aromatic heterocycles. The monoisotopic (exact) mass is 386 g/mol. The maximum absolute atomic E-state index is 13.6. The summed E-state index contributed by atoms with van der Waals surface area (Å²) in [4.78, 5) is 27.6. The van der Waals surface area contributed by atoms with E-state index in [1.165, 1.54) is 0 Å². The fourth-order valence-corrected chi connectivity index (χ4v) is 3.62. The number of aryl methyl sites for hydroxylation is 2. The lowest BCUT2D eigenvalue weighted by Gasteiger charge is -2.29. The van der Waals surface area contributed by atoms with E-state index in [4.69, 9.17) is 5.26 Å². The highest BCUT2D eigenvalue weighted by atomic mass is 16.2. The quantitative estimate of drug-likeness (QED) is 0.768. The van der Waals surface area contributed by atoms with Crippen molar-refractivity contribution in [3.05, 3.63) is 70.8 Å².